The summed E-state index contributed by atoms with van der Waals surface area (Å²) in [5.74, 6) is -3.36. The lowest BCUT2D eigenvalue weighted by Gasteiger charge is -2.27. The quantitative estimate of drug-likeness (QED) is 0.331. The van der Waals surface area contributed by atoms with Gasteiger partial charge in [-0.25, -0.2) is 0 Å². The fraction of sp³-hybridized carbons (Fsp3) is 0.500. The molecule has 0 fully saturated rings. The van der Waals surface area contributed by atoms with E-state index in [9.17, 15) is 19.6 Å². The molecule has 6 nitrogen and oxygen atoms in total. The number of hydrogen-bond acceptors (Lipinski definition) is 4. The third kappa shape index (κ3) is 4.00. The molecule has 1 heterocycles. The number of carbonyl (C=O) groups is 3. The Labute approximate surface area is 141 Å². The maximum absolute atomic E-state index is 12.4. The van der Waals surface area contributed by atoms with Crippen LogP contribution in [0.5, 0.6) is 0 Å². The van der Waals surface area contributed by atoms with Gasteiger partial charge in [0.2, 0.25) is 5.91 Å². The molecule has 0 saturated carbocycles. The number of nitrogens with one attached hydrogen (secondary N) is 1. The molecule has 2 rings (SSSR count). The summed E-state index contributed by atoms with van der Waals surface area (Å²) in [5, 5.41) is 12.4. The number of nitrogens with zero attached hydrogens (tertiary/aromatic N) is 1. The lowest BCUT2D eigenvalue weighted by Crippen LogP contribution is -2.47. The summed E-state index contributed by atoms with van der Waals surface area (Å²) in [6, 6.07) is 6.38. The highest BCUT2D eigenvalue weighted by atomic mass is 16.5. The van der Waals surface area contributed by atoms with Gasteiger partial charge in [0.25, 0.3) is 11.8 Å². The first-order chi connectivity index (χ1) is 11.6. The van der Waals surface area contributed by atoms with Crippen LogP contribution in [0, 0.1) is 0 Å². The van der Waals surface area contributed by atoms with Crippen molar-refractivity contribution < 1.29 is 19.6 Å². The molecule has 24 heavy (non-hydrogen) atoms. The molecule has 1 aliphatic rings. The number of imide groups is 1. The van der Waals surface area contributed by atoms with Gasteiger partial charge in [0, 0.05) is 12.1 Å². The Hall–Kier alpha value is -2.21. The maximum Gasteiger partial charge on any atom is 0.284 e. The molecule has 0 aromatic heterocycles. The minimum absolute atomic E-state index is 0.0390. The first-order valence-corrected chi connectivity index (χ1v) is 8.51. The Morgan fingerprint density at radius 2 is 1.79 bits per heavy atom. The summed E-state index contributed by atoms with van der Waals surface area (Å²) >= 11 is 0. The van der Waals surface area contributed by atoms with E-state index >= 15 is 0 Å². The van der Waals surface area contributed by atoms with Crippen molar-refractivity contribution >= 4 is 17.7 Å². The van der Waals surface area contributed by atoms with Gasteiger partial charge in [-0.1, -0.05) is 57.2 Å². The second-order valence-electron chi connectivity index (χ2n) is 6.03. The van der Waals surface area contributed by atoms with E-state index in [0.717, 1.165) is 19.3 Å². The van der Waals surface area contributed by atoms with Gasteiger partial charge in [-0.3, -0.25) is 19.6 Å². The average Bonchev–Trinajstić information content (AvgIpc) is 2.59. The normalized spacial score (nSPS) is 16.9. The van der Waals surface area contributed by atoms with Gasteiger partial charge in [0.1, 0.15) is 5.92 Å². The summed E-state index contributed by atoms with van der Waals surface area (Å²) in [6.07, 6.45) is 6.62. The molecule has 0 bridgehead atoms. The van der Waals surface area contributed by atoms with Crippen molar-refractivity contribution in [1.29, 1.82) is 0 Å². The van der Waals surface area contributed by atoms with Crippen LogP contribution >= 0.6 is 0 Å². The number of rotatable bonds is 8. The van der Waals surface area contributed by atoms with E-state index in [-0.39, 0.29) is 10.6 Å². The van der Waals surface area contributed by atoms with Crippen LogP contribution in [-0.2, 0) is 9.59 Å². The van der Waals surface area contributed by atoms with Crippen LogP contribution in [0.3, 0.4) is 0 Å². The molecular formula is C18H24N2O4. The Balaban J connectivity index is 1.95. The molecule has 0 aliphatic carbocycles. The highest BCUT2D eigenvalue weighted by Crippen LogP contribution is 2.28. The Bertz CT molecular complexity index is 615. The second kappa shape index (κ2) is 8.59. The lowest BCUT2D eigenvalue weighted by atomic mass is 9.88. The molecule has 6 heteroatoms. The first-order valence-electron chi connectivity index (χ1n) is 8.51. The first kappa shape index (κ1) is 18.1. The van der Waals surface area contributed by atoms with Crippen LogP contribution in [0.15, 0.2) is 24.3 Å². The van der Waals surface area contributed by atoms with Crippen LogP contribution < -0.4 is 5.32 Å². The Morgan fingerprint density at radius 1 is 1.12 bits per heavy atom. The second-order valence-corrected chi connectivity index (χ2v) is 6.03. The predicted molar refractivity (Wildman–Crippen MR) is 88.5 cm³/mol. The molecule has 1 unspecified atom stereocenters. The summed E-state index contributed by atoms with van der Waals surface area (Å²) < 4.78 is 0. The number of fused-ring (bicyclic) bond motifs is 1. The highest BCUT2D eigenvalue weighted by Gasteiger charge is 2.42. The Morgan fingerprint density at radius 3 is 2.54 bits per heavy atom. The van der Waals surface area contributed by atoms with E-state index in [1.54, 1.807) is 18.2 Å². The fourth-order valence-corrected chi connectivity index (χ4v) is 2.89. The molecule has 0 saturated heterocycles. The number of unbranched alkanes of at least 4 members (excludes halogenated alkanes) is 5. The van der Waals surface area contributed by atoms with Gasteiger partial charge in [-0.2, -0.15) is 5.06 Å². The Kier molecular flexibility index (Phi) is 6.49. The summed E-state index contributed by atoms with van der Waals surface area (Å²) in [7, 11) is 0. The van der Waals surface area contributed by atoms with Crippen molar-refractivity contribution in [3.63, 3.8) is 0 Å². The fourth-order valence-electron chi connectivity index (χ4n) is 2.89. The van der Waals surface area contributed by atoms with Crippen molar-refractivity contribution in [1.82, 2.24) is 10.4 Å². The standard InChI is InChI=1S/C18H24N2O4/c1-2-3-4-5-6-9-12-19-16(21)15-13-10-7-8-11-14(13)17(22)20(24)18(15)23/h7-8,10-11,15,24H,2-6,9,12H2,1H3,(H,19,21). The molecule has 1 aromatic rings. The van der Waals surface area contributed by atoms with E-state index in [2.05, 4.69) is 12.2 Å². The molecule has 3 amide bonds. The van der Waals surface area contributed by atoms with E-state index in [4.69, 9.17) is 0 Å². The highest BCUT2D eigenvalue weighted by molar-refractivity contribution is 6.18. The maximum atomic E-state index is 12.4. The largest absolute Gasteiger partial charge is 0.355 e. The monoisotopic (exact) mass is 332 g/mol. The number of benzene rings is 1. The third-order valence-electron chi connectivity index (χ3n) is 4.24. The molecule has 1 aromatic carbocycles. The van der Waals surface area contributed by atoms with Crippen molar-refractivity contribution in [3.05, 3.63) is 35.4 Å². The number of hydrogen-bond donors (Lipinski definition) is 2. The van der Waals surface area contributed by atoms with Crippen molar-refractivity contribution in [2.24, 2.45) is 0 Å². The van der Waals surface area contributed by atoms with Crippen LogP contribution in [0.1, 0.15) is 67.3 Å². The zero-order valence-electron chi connectivity index (χ0n) is 14.0. The van der Waals surface area contributed by atoms with Gasteiger partial charge in [0.15, 0.2) is 0 Å². The number of amides is 3. The van der Waals surface area contributed by atoms with Gasteiger partial charge >= 0.3 is 0 Å². The van der Waals surface area contributed by atoms with Crippen molar-refractivity contribution in [2.45, 2.75) is 51.4 Å². The lowest BCUT2D eigenvalue weighted by molar-refractivity contribution is -0.158. The molecule has 0 radical (unpaired) electrons. The number of hydroxylamine groups is 2. The van der Waals surface area contributed by atoms with E-state index in [1.165, 1.54) is 25.3 Å². The zero-order valence-corrected chi connectivity index (χ0v) is 14.0. The average molecular weight is 332 g/mol. The van der Waals surface area contributed by atoms with Crippen LogP contribution in [0.4, 0.5) is 0 Å². The van der Waals surface area contributed by atoms with E-state index < -0.39 is 23.6 Å². The van der Waals surface area contributed by atoms with Gasteiger partial charge in [0.05, 0.1) is 0 Å². The van der Waals surface area contributed by atoms with Crippen molar-refractivity contribution in [3.8, 4) is 0 Å². The van der Waals surface area contributed by atoms with Gasteiger partial charge < -0.3 is 5.32 Å². The molecule has 1 aliphatic heterocycles. The molecule has 130 valence electrons. The summed E-state index contributed by atoms with van der Waals surface area (Å²) in [6.45, 7) is 2.64. The topological polar surface area (TPSA) is 86.7 Å². The summed E-state index contributed by atoms with van der Waals surface area (Å²) in [4.78, 5) is 36.4. The molecule has 2 N–H and O–H groups in total. The van der Waals surface area contributed by atoms with Crippen LogP contribution in [-0.4, -0.2) is 34.5 Å². The molecule has 0 spiro atoms. The molecular weight excluding hydrogens is 308 g/mol. The molecule has 1 atom stereocenters. The van der Waals surface area contributed by atoms with E-state index in [0.29, 0.717) is 12.1 Å². The van der Waals surface area contributed by atoms with E-state index in [1.807, 2.05) is 0 Å². The minimum atomic E-state index is -1.18. The van der Waals surface area contributed by atoms with Crippen LogP contribution in [0.2, 0.25) is 0 Å². The smallest absolute Gasteiger partial charge is 0.284 e. The zero-order chi connectivity index (χ0) is 17.5. The SMILES string of the molecule is CCCCCCCCNC(=O)C1C(=O)N(O)C(=O)c2ccccc21. The minimum Gasteiger partial charge on any atom is -0.355 e. The van der Waals surface area contributed by atoms with Crippen LogP contribution in [0.25, 0.3) is 0 Å². The number of carbonyl (C=O) groups excluding carboxylic acids is 3. The van der Waals surface area contributed by atoms with Gasteiger partial charge in [-0.05, 0) is 18.1 Å². The third-order valence-corrected chi connectivity index (χ3v) is 4.24. The van der Waals surface area contributed by atoms with Gasteiger partial charge in [-0.15, -0.1) is 0 Å². The van der Waals surface area contributed by atoms with Crippen molar-refractivity contribution in [2.75, 3.05) is 6.54 Å². The summed E-state index contributed by atoms with van der Waals surface area (Å²) in [5.41, 5.74) is 0.526. The predicted octanol–water partition coefficient (Wildman–Crippen LogP) is 2.62.